The summed E-state index contributed by atoms with van der Waals surface area (Å²) in [5, 5.41) is 10.7. The molecule has 1 N–H and O–H groups in total. The van der Waals surface area contributed by atoms with Crippen molar-refractivity contribution in [1.82, 2.24) is 0 Å². The van der Waals surface area contributed by atoms with Crippen LogP contribution < -0.4 is 0 Å². The topological polar surface area (TPSA) is 46.5 Å². The minimum atomic E-state index is -2.65. The SMILES string of the molecule is CC(C)(C)c1cc(C(C)(C)C)c(S(OC(=O)c2ccccc2O)(c2ccccc2)c2ccccc2)c(C(C)(C)C)c1. The number of para-hydroxylation sites is 1. The highest BCUT2D eigenvalue weighted by Crippen LogP contribution is 2.72. The van der Waals surface area contributed by atoms with Crippen LogP contribution in [0.3, 0.4) is 0 Å². The molecular formula is C37H44O3S. The first-order valence-electron chi connectivity index (χ1n) is 14.2. The van der Waals surface area contributed by atoms with Gasteiger partial charge in [-0.05, 0) is 79.6 Å². The van der Waals surface area contributed by atoms with Gasteiger partial charge in [-0.3, -0.25) is 0 Å². The van der Waals surface area contributed by atoms with E-state index in [0.717, 1.165) is 25.8 Å². The van der Waals surface area contributed by atoms with Crippen LogP contribution in [0.4, 0.5) is 0 Å². The molecule has 4 heteroatoms. The molecular weight excluding hydrogens is 524 g/mol. The molecule has 0 radical (unpaired) electrons. The molecule has 0 atom stereocenters. The molecule has 0 aliphatic heterocycles. The summed E-state index contributed by atoms with van der Waals surface area (Å²) in [5.41, 5.74) is 3.10. The predicted octanol–water partition coefficient (Wildman–Crippen LogP) is 10.3. The van der Waals surface area contributed by atoms with Gasteiger partial charge in [0.1, 0.15) is 11.3 Å². The van der Waals surface area contributed by atoms with Gasteiger partial charge in [-0.2, -0.15) is 0 Å². The predicted molar refractivity (Wildman–Crippen MR) is 171 cm³/mol. The van der Waals surface area contributed by atoms with Crippen molar-refractivity contribution in [1.29, 1.82) is 0 Å². The molecule has 216 valence electrons. The fraction of sp³-hybridized carbons (Fsp3) is 0.324. The van der Waals surface area contributed by atoms with Gasteiger partial charge in [0.05, 0.1) is 0 Å². The number of hydrogen-bond acceptors (Lipinski definition) is 3. The van der Waals surface area contributed by atoms with E-state index in [9.17, 15) is 9.90 Å². The van der Waals surface area contributed by atoms with Gasteiger partial charge in [-0.25, -0.2) is 4.79 Å². The van der Waals surface area contributed by atoms with Crippen LogP contribution in [0.1, 0.15) is 89.4 Å². The van der Waals surface area contributed by atoms with Gasteiger partial charge in [0.2, 0.25) is 0 Å². The van der Waals surface area contributed by atoms with Crippen LogP contribution in [0.15, 0.2) is 112 Å². The number of aromatic hydroxyl groups is 1. The summed E-state index contributed by atoms with van der Waals surface area (Å²) in [7, 11) is -2.65. The van der Waals surface area contributed by atoms with Crippen molar-refractivity contribution in [3.05, 3.63) is 119 Å². The maximum Gasteiger partial charge on any atom is 0.353 e. The summed E-state index contributed by atoms with van der Waals surface area (Å²) in [5.74, 6) is -0.646. The molecule has 0 bridgehead atoms. The number of hydrogen-bond donors (Lipinski definition) is 1. The molecule has 0 saturated heterocycles. The third kappa shape index (κ3) is 6.08. The summed E-state index contributed by atoms with van der Waals surface area (Å²) in [6.07, 6.45) is 0. The van der Waals surface area contributed by atoms with E-state index < -0.39 is 16.3 Å². The van der Waals surface area contributed by atoms with E-state index in [1.165, 1.54) is 11.6 Å². The van der Waals surface area contributed by atoms with Gasteiger partial charge in [0.25, 0.3) is 0 Å². The second-order valence-electron chi connectivity index (χ2n) is 13.7. The lowest BCUT2D eigenvalue weighted by Crippen LogP contribution is -2.27. The lowest BCUT2D eigenvalue weighted by Gasteiger charge is -2.46. The van der Waals surface area contributed by atoms with Crippen molar-refractivity contribution in [3.8, 4) is 5.75 Å². The normalized spacial score (nSPS) is 13.1. The Morgan fingerprint density at radius 1 is 0.610 bits per heavy atom. The molecule has 4 aromatic carbocycles. The van der Waals surface area contributed by atoms with Crippen LogP contribution >= 0.6 is 10.3 Å². The molecule has 0 heterocycles. The summed E-state index contributed by atoms with van der Waals surface area (Å²) < 4.78 is 6.94. The summed E-state index contributed by atoms with van der Waals surface area (Å²) in [4.78, 5) is 17.1. The fourth-order valence-electron chi connectivity index (χ4n) is 5.02. The Hall–Kier alpha value is -3.50. The van der Waals surface area contributed by atoms with E-state index in [4.69, 9.17) is 4.18 Å². The zero-order valence-corrected chi connectivity index (χ0v) is 26.7. The first kappa shape index (κ1) is 30.5. The number of rotatable bonds is 5. The average Bonchev–Trinajstić information content (AvgIpc) is 2.90. The van der Waals surface area contributed by atoms with Gasteiger partial charge < -0.3 is 9.29 Å². The Kier molecular flexibility index (Phi) is 8.21. The fourth-order valence-corrected chi connectivity index (χ4v) is 8.79. The van der Waals surface area contributed by atoms with Crippen molar-refractivity contribution >= 4 is 16.3 Å². The molecule has 0 aliphatic carbocycles. The second kappa shape index (κ2) is 11.1. The first-order valence-corrected chi connectivity index (χ1v) is 15.8. The molecule has 0 unspecified atom stereocenters. The van der Waals surface area contributed by atoms with Crippen molar-refractivity contribution in [2.45, 2.75) is 93.2 Å². The zero-order valence-electron chi connectivity index (χ0n) is 25.9. The van der Waals surface area contributed by atoms with Crippen LogP contribution in [0.5, 0.6) is 5.75 Å². The first-order chi connectivity index (χ1) is 19.1. The number of carbonyl (C=O) groups is 1. The Morgan fingerprint density at radius 2 is 1.02 bits per heavy atom. The monoisotopic (exact) mass is 568 g/mol. The highest BCUT2D eigenvalue weighted by atomic mass is 32.3. The highest BCUT2D eigenvalue weighted by molar-refractivity contribution is 8.30. The molecule has 0 spiro atoms. The third-order valence-corrected chi connectivity index (χ3v) is 10.6. The summed E-state index contributed by atoms with van der Waals surface area (Å²) >= 11 is 0. The van der Waals surface area contributed by atoms with E-state index >= 15 is 0 Å². The third-order valence-electron chi connectivity index (χ3n) is 7.33. The van der Waals surface area contributed by atoms with E-state index in [0.29, 0.717) is 0 Å². The van der Waals surface area contributed by atoms with E-state index in [-0.39, 0.29) is 27.6 Å². The maximum absolute atomic E-state index is 14.2. The van der Waals surface area contributed by atoms with E-state index in [1.807, 2.05) is 36.4 Å². The van der Waals surface area contributed by atoms with Crippen LogP contribution in [-0.2, 0) is 20.4 Å². The Bertz CT molecular complexity index is 1440. The molecule has 0 saturated carbocycles. The van der Waals surface area contributed by atoms with Gasteiger partial charge in [0.15, 0.2) is 0 Å². The van der Waals surface area contributed by atoms with Crippen molar-refractivity contribution in [2.75, 3.05) is 0 Å². The standard InChI is InChI=1S/C37H44O3S/c1-35(2,3)26-24-30(36(4,5)6)33(31(25-26)37(7,8)9)41(27-18-12-10-13-19-27,28-20-14-11-15-21-28)40-34(39)29-22-16-17-23-32(29)38/h10-25,38H,1-9H3. The second-order valence-corrected chi connectivity index (χ2v) is 16.4. The van der Waals surface area contributed by atoms with Crippen molar-refractivity contribution in [3.63, 3.8) is 0 Å². The molecule has 0 aromatic heterocycles. The van der Waals surface area contributed by atoms with E-state index in [2.05, 4.69) is 98.7 Å². The van der Waals surface area contributed by atoms with Crippen LogP contribution in [-0.4, -0.2) is 11.1 Å². The Balaban J connectivity index is 2.26. The van der Waals surface area contributed by atoms with Gasteiger partial charge in [-0.1, -0.05) is 123 Å². The van der Waals surface area contributed by atoms with Crippen LogP contribution in [0.2, 0.25) is 0 Å². The van der Waals surface area contributed by atoms with Gasteiger partial charge in [0, 0.05) is 14.7 Å². The van der Waals surface area contributed by atoms with Crippen LogP contribution in [0, 0.1) is 0 Å². The lowest BCUT2D eigenvalue weighted by molar-refractivity contribution is 0.0754. The number of phenols is 1. The average molecular weight is 569 g/mol. The van der Waals surface area contributed by atoms with Crippen LogP contribution in [0.25, 0.3) is 0 Å². The lowest BCUT2D eigenvalue weighted by atomic mass is 9.75. The molecule has 4 aromatic rings. The molecule has 3 nitrogen and oxygen atoms in total. The molecule has 0 fully saturated rings. The number of phenolic OH excluding ortho intramolecular Hbond substituents is 1. The smallest absolute Gasteiger partial charge is 0.353 e. The maximum atomic E-state index is 14.2. The quantitative estimate of drug-likeness (QED) is 0.260. The van der Waals surface area contributed by atoms with Crippen molar-refractivity contribution in [2.24, 2.45) is 0 Å². The number of benzene rings is 4. The zero-order chi connectivity index (χ0) is 30.2. The van der Waals surface area contributed by atoms with Gasteiger partial charge >= 0.3 is 5.97 Å². The largest absolute Gasteiger partial charge is 0.507 e. The molecule has 41 heavy (non-hydrogen) atoms. The van der Waals surface area contributed by atoms with E-state index in [1.54, 1.807) is 18.2 Å². The Morgan fingerprint density at radius 3 is 1.41 bits per heavy atom. The minimum Gasteiger partial charge on any atom is -0.507 e. The van der Waals surface area contributed by atoms with Gasteiger partial charge in [-0.15, -0.1) is 0 Å². The van der Waals surface area contributed by atoms with Crippen molar-refractivity contribution < 1.29 is 14.1 Å². The molecule has 0 amide bonds. The Labute approximate surface area is 248 Å². The number of carbonyl (C=O) groups excluding carboxylic acids is 1. The highest BCUT2D eigenvalue weighted by Gasteiger charge is 2.44. The summed E-state index contributed by atoms with van der Waals surface area (Å²) in [6.45, 7) is 20.1. The minimum absolute atomic E-state index is 0.0808. The molecule has 4 rings (SSSR count). The summed E-state index contributed by atoms with van der Waals surface area (Å²) in [6, 6.07) is 31.5. The molecule has 0 aliphatic rings.